The number of benzene rings is 2. The molecule has 9 nitrogen and oxygen atoms in total. The highest BCUT2D eigenvalue weighted by Gasteiger charge is 2.17. The molecule has 2 aromatic carbocycles. The number of anilines is 1. The molecule has 0 radical (unpaired) electrons. The third kappa shape index (κ3) is 3.24. The van der Waals surface area contributed by atoms with Gasteiger partial charge in [-0.3, -0.25) is 10.1 Å². The molecule has 126 valence electrons. The number of H-pyrrole nitrogens is 1. The lowest BCUT2D eigenvalue weighted by molar-refractivity contribution is 0.100. The molecule has 0 aliphatic heterocycles. The Morgan fingerprint density at radius 1 is 1.04 bits per heavy atom. The van der Waals surface area contributed by atoms with Crippen molar-refractivity contribution in [1.82, 2.24) is 4.98 Å². The van der Waals surface area contributed by atoms with Gasteiger partial charge in [0.25, 0.3) is 5.91 Å². The highest BCUT2D eigenvalue weighted by atomic mass is 16.5. The molecular weight excluding hydrogens is 326 g/mol. The van der Waals surface area contributed by atoms with Gasteiger partial charge >= 0.3 is 6.03 Å². The molecule has 0 aliphatic carbocycles. The summed E-state index contributed by atoms with van der Waals surface area (Å²) in [5.41, 5.74) is 11.4. The Morgan fingerprint density at radius 2 is 1.72 bits per heavy atom. The van der Waals surface area contributed by atoms with Crippen molar-refractivity contribution in [1.29, 1.82) is 0 Å². The number of rotatable bonds is 5. The predicted octanol–water partition coefficient (Wildman–Crippen LogP) is 2.95. The first-order valence-corrected chi connectivity index (χ1v) is 7.11. The second-order valence-electron chi connectivity index (χ2n) is 5.12. The van der Waals surface area contributed by atoms with E-state index in [4.69, 9.17) is 16.2 Å². The van der Waals surface area contributed by atoms with Crippen LogP contribution in [0, 0.1) is 4.91 Å². The van der Waals surface area contributed by atoms with Gasteiger partial charge in [0.2, 0.25) is 0 Å². The molecular formula is C16H13N5O4. The third-order valence-corrected chi connectivity index (χ3v) is 3.44. The Kier molecular flexibility index (Phi) is 4.04. The zero-order valence-electron chi connectivity index (χ0n) is 12.8. The molecule has 0 unspecified atom stereocenters. The fourth-order valence-electron chi connectivity index (χ4n) is 2.42. The summed E-state index contributed by atoms with van der Waals surface area (Å²) in [5, 5.41) is 5.66. The molecule has 3 rings (SSSR count). The minimum Gasteiger partial charge on any atom is -0.457 e. The third-order valence-electron chi connectivity index (χ3n) is 3.44. The molecule has 1 heterocycles. The van der Waals surface area contributed by atoms with Crippen LogP contribution in [0.4, 0.5) is 16.3 Å². The SMILES string of the molecule is NC(=O)Nc1[nH]c2cc(Oc3ccc(N=O)cc3)ccc2c1C(N)=O. The molecule has 9 heteroatoms. The van der Waals surface area contributed by atoms with Crippen molar-refractivity contribution in [3.05, 3.63) is 52.9 Å². The number of amides is 3. The zero-order valence-corrected chi connectivity index (χ0v) is 12.8. The van der Waals surface area contributed by atoms with Crippen LogP contribution < -0.4 is 21.5 Å². The first-order valence-electron chi connectivity index (χ1n) is 7.11. The zero-order chi connectivity index (χ0) is 18.0. The van der Waals surface area contributed by atoms with Crippen molar-refractivity contribution in [2.24, 2.45) is 16.6 Å². The number of nitroso groups, excluding NO2 is 1. The molecule has 1 aromatic heterocycles. The van der Waals surface area contributed by atoms with Gasteiger partial charge < -0.3 is 21.2 Å². The smallest absolute Gasteiger partial charge is 0.317 e. The van der Waals surface area contributed by atoms with Crippen molar-refractivity contribution < 1.29 is 14.3 Å². The van der Waals surface area contributed by atoms with Crippen molar-refractivity contribution in [2.45, 2.75) is 0 Å². The first kappa shape index (κ1) is 16.0. The van der Waals surface area contributed by atoms with E-state index in [1.807, 2.05) is 0 Å². The number of primary amides is 2. The van der Waals surface area contributed by atoms with E-state index < -0.39 is 11.9 Å². The number of fused-ring (bicyclic) bond motifs is 1. The molecule has 0 fully saturated rings. The second-order valence-corrected chi connectivity index (χ2v) is 5.12. The summed E-state index contributed by atoms with van der Waals surface area (Å²) in [6.45, 7) is 0. The number of nitrogens with two attached hydrogens (primary N) is 2. The summed E-state index contributed by atoms with van der Waals surface area (Å²) in [5.74, 6) is 0.389. The summed E-state index contributed by atoms with van der Waals surface area (Å²) in [6.07, 6.45) is 0. The maximum Gasteiger partial charge on any atom is 0.317 e. The van der Waals surface area contributed by atoms with E-state index in [1.54, 1.807) is 30.3 Å². The van der Waals surface area contributed by atoms with Crippen LogP contribution >= 0.6 is 0 Å². The van der Waals surface area contributed by atoms with E-state index in [0.29, 0.717) is 28.1 Å². The fourth-order valence-corrected chi connectivity index (χ4v) is 2.42. The molecule has 6 N–H and O–H groups in total. The molecule has 3 aromatic rings. The average Bonchev–Trinajstić information content (AvgIpc) is 2.92. The minimum absolute atomic E-state index is 0.119. The molecule has 0 atom stereocenters. The number of carbonyl (C=O) groups is 2. The fraction of sp³-hybridized carbons (Fsp3) is 0. The molecule has 0 saturated carbocycles. The van der Waals surface area contributed by atoms with Gasteiger partial charge in [-0.15, -0.1) is 4.91 Å². The Labute approximate surface area is 140 Å². The lowest BCUT2D eigenvalue weighted by Crippen LogP contribution is -2.22. The van der Waals surface area contributed by atoms with Gasteiger partial charge in [-0.25, -0.2) is 4.79 Å². The molecule has 0 aliphatic rings. The lowest BCUT2D eigenvalue weighted by atomic mass is 10.1. The number of nitrogens with zero attached hydrogens (tertiary/aromatic N) is 1. The van der Waals surface area contributed by atoms with Crippen LogP contribution in [0.3, 0.4) is 0 Å². The van der Waals surface area contributed by atoms with E-state index in [-0.39, 0.29) is 11.4 Å². The Balaban J connectivity index is 1.97. The second kappa shape index (κ2) is 6.32. The number of aromatic nitrogens is 1. The molecule has 0 bridgehead atoms. The lowest BCUT2D eigenvalue weighted by Gasteiger charge is -2.05. The van der Waals surface area contributed by atoms with Crippen LogP contribution in [-0.2, 0) is 0 Å². The topological polar surface area (TPSA) is 153 Å². The van der Waals surface area contributed by atoms with Gasteiger partial charge in [0, 0.05) is 11.5 Å². The van der Waals surface area contributed by atoms with Crippen LogP contribution in [0.1, 0.15) is 10.4 Å². The monoisotopic (exact) mass is 339 g/mol. The summed E-state index contributed by atoms with van der Waals surface area (Å²) >= 11 is 0. The van der Waals surface area contributed by atoms with Crippen LogP contribution in [-0.4, -0.2) is 16.9 Å². The van der Waals surface area contributed by atoms with Gasteiger partial charge in [-0.2, -0.15) is 0 Å². The summed E-state index contributed by atoms with van der Waals surface area (Å²) in [6, 6.07) is 10.3. The summed E-state index contributed by atoms with van der Waals surface area (Å²) in [4.78, 5) is 36.0. The van der Waals surface area contributed by atoms with E-state index >= 15 is 0 Å². The van der Waals surface area contributed by atoms with Crippen molar-refractivity contribution in [2.75, 3.05) is 5.32 Å². The summed E-state index contributed by atoms with van der Waals surface area (Å²) in [7, 11) is 0. The van der Waals surface area contributed by atoms with Crippen LogP contribution in [0.25, 0.3) is 10.9 Å². The maximum atomic E-state index is 11.7. The Morgan fingerprint density at radius 3 is 2.32 bits per heavy atom. The van der Waals surface area contributed by atoms with Crippen LogP contribution in [0.2, 0.25) is 0 Å². The minimum atomic E-state index is -0.825. The first-order chi connectivity index (χ1) is 12.0. The van der Waals surface area contributed by atoms with Gasteiger partial charge in [0.1, 0.15) is 23.0 Å². The average molecular weight is 339 g/mol. The molecule has 0 spiro atoms. The molecule has 0 saturated heterocycles. The number of hydrogen-bond donors (Lipinski definition) is 4. The van der Waals surface area contributed by atoms with Gasteiger partial charge in [0.05, 0.1) is 11.1 Å². The Bertz CT molecular complexity index is 978. The number of hydrogen-bond acceptors (Lipinski definition) is 5. The Hall–Kier alpha value is -3.88. The van der Waals surface area contributed by atoms with Crippen LogP contribution in [0.15, 0.2) is 47.6 Å². The largest absolute Gasteiger partial charge is 0.457 e. The maximum absolute atomic E-state index is 11.7. The molecule has 25 heavy (non-hydrogen) atoms. The van der Waals surface area contributed by atoms with Crippen molar-refractivity contribution >= 4 is 34.3 Å². The molecule has 3 amide bonds. The van der Waals surface area contributed by atoms with Crippen molar-refractivity contribution in [3.63, 3.8) is 0 Å². The highest BCUT2D eigenvalue weighted by Crippen LogP contribution is 2.31. The standard InChI is InChI=1S/C16H13N5O4/c17-14(22)13-11-6-5-10(7-12(11)19-15(13)20-16(18)23)25-9-3-1-8(21-24)2-4-9/h1-7,19H,(H2,17,22)(H3,18,20,23). The van der Waals surface area contributed by atoms with E-state index in [9.17, 15) is 14.5 Å². The van der Waals surface area contributed by atoms with Crippen molar-refractivity contribution in [3.8, 4) is 11.5 Å². The quantitative estimate of drug-likeness (QED) is 0.528. The normalized spacial score (nSPS) is 10.4. The van der Waals surface area contributed by atoms with Gasteiger partial charge in [0.15, 0.2) is 0 Å². The van der Waals surface area contributed by atoms with E-state index in [2.05, 4.69) is 15.5 Å². The number of ether oxygens (including phenoxy) is 1. The number of nitrogens with one attached hydrogen (secondary N) is 2. The van der Waals surface area contributed by atoms with Gasteiger partial charge in [-0.05, 0) is 41.6 Å². The van der Waals surface area contributed by atoms with E-state index in [1.165, 1.54) is 12.1 Å². The highest BCUT2D eigenvalue weighted by molar-refractivity contribution is 6.13. The summed E-state index contributed by atoms with van der Waals surface area (Å²) < 4.78 is 5.68. The van der Waals surface area contributed by atoms with E-state index in [0.717, 1.165) is 0 Å². The number of aromatic amines is 1. The predicted molar refractivity (Wildman–Crippen MR) is 92.0 cm³/mol. The number of urea groups is 1. The number of carbonyl (C=O) groups excluding carboxylic acids is 2. The van der Waals surface area contributed by atoms with Gasteiger partial charge in [-0.1, -0.05) is 0 Å². The van der Waals surface area contributed by atoms with Crippen LogP contribution in [0.5, 0.6) is 11.5 Å².